The molecule has 0 bridgehead atoms. The zero-order valence-electron chi connectivity index (χ0n) is 18.4. The third-order valence-electron chi connectivity index (χ3n) is 5.81. The van der Waals surface area contributed by atoms with Gasteiger partial charge in [0.25, 0.3) is 0 Å². The summed E-state index contributed by atoms with van der Waals surface area (Å²) >= 11 is 1.67. The molecule has 1 amide bonds. The average Bonchev–Trinajstić information content (AvgIpc) is 2.81. The number of sulfonamides is 1. The van der Waals surface area contributed by atoms with E-state index in [-0.39, 0.29) is 23.9 Å². The van der Waals surface area contributed by atoms with Gasteiger partial charge in [-0.2, -0.15) is 4.31 Å². The van der Waals surface area contributed by atoms with Crippen molar-refractivity contribution in [1.82, 2.24) is 9.21 Å². The second kappa shape index (κ2) is 9.72. The fourth-order valence-electron chi connectivity index (χ4n) is 3.73. The van der Waals surface area contributed by atoms with Crippen LogP contribution >= 0.6 is 11.8 Å². The van der Waals surface area contributed by atoms with E-state index in [1.165, 1.54) is 21.5 Å². The number of rotatable bonds is 6. The number of amides is 1. The van der Waals surface area contributed by atoms with E-state index in [1.807, 2.05) is 0 Å². The Bertz CT molecular complexity index is 1100. The summed E-state index contributed by atoms with van der Waals surface area (Å²) in [6, 6.07) is 11.0. The number of thioether (sulfide) groups is 1. The third-order valence-corrected chi connectivity index (χ3v) is 8.70. The van der Waals surface area contributed by atoms with Gasteiger partial charge < -0.3 is 14.4 Å². The van der Waals surface area contributed by atoms with Gasteiger partial charge in [-0.25, -0.2) is 8.42 Å². The molecular formula is C23H28N2O5S2. The van der Waals surface area contributed by atoms with Crippen LogP contribution in [0.3, 0.4) is 0 Å². The Balaban J connectivity index is 1.29. The monoisotopic (exact) mass is 476 g/mol. The molecule has 0 spiro atoms. The molecular weight excluding hydrogens is 448 g/mol. The van der Waals surface area contributed by atoms with Gasteiger partial charge in [0.2, 0.25) is 15.9 Å². The molecule has 2 aliphatic rings. The van der Waals surface area contributed by atoms with Crippen molar-refractivity contribution >= 4 is 27.7 Å². The minimum Gasteiger partial charge on any atom is -0.486 e. The topological polar surface area (TPSA) is 76.2 Å². The van der Waals surface area contributed by atoms with Crippen molar-refractivity contribution in [2.45, 2.75) is 30.1 Å². The summed E-state index contributed by atoms with van der Waals surface area (Å²) < 4.78 is 38.5. The molecule has 172 valence electrons. The molecule has 7 nitrogen and oxygen atoms in total. The van der Waals surface area contributed by atoms with Gasteiger partial charge in [0.05, 0.1) is 4.90 Å². The Morgan fingerprint density at radius 1 is 0.938 bits per heavy atom. The maximum Gasteiger partial charge on any atom is 0.243 e. The summed E-state index contributed by atoms with van der Waals surface area (Å²) in [6.07, 6.45) is 0.437. The number of piperazine rings is 1. The number of fused-ring (bicyclic) bond motifs is 1. The van der Waals surface area contributed by atoms with Crippen LogP contribution in [0, 0.1) is 13.8 Å². The van der Waals surface area contributed by atoms with E-state index in [0.29, 0.717) is 50.0 Å². The first-order chi connectivity index (χ1) is 15.3. The van der Waals surface area contributed by atoms with Crippen molar-refractivity contribution in [2.24, 2.45) is 0 Å². The van der Waals surface area contributed by atoms with E-state index < -0.39 is 10.0 Å². The number of aryl methyl sites for hydroxylation is 2. The maximum atomic E-state index is 13.1. The molecule has 2 heterocycles. The highest BCUT2D eigenvalue weighted by Crippen LogP contribution is 2.33. The SMILES string of the molecule is Cc1ccc(SCCC(=O)N2CCN(S(=O)(=O)c3ccc4c(c3)OCCO4)CC2)cc1C. The van der Waals surface area contributed by atoms with Crippen LogP contribution in [0.1, 0.15) is 17.5 Å². The Morgan fingerprint density at radius 2 is 1.66 bits per heavy atom. The lowest BCUT2D eigenvalue weighted by atomic mass is 10.1. The van der Waals surface area contributed by atoms with Crippen LogP contribution in [-0.2, 0) is 14.8 Å². The van der Waals surface area contributed by atoms with Gasteiger partial charge in [0.1, 0.15) is 13.2 Å². The average molecular weight is 477 g/mol. The molecule has 1 fully saturated rings. The highest BCUT2D eigenvalue weighted by molar-refractivity contribution is 7.99. The molecule has 0 saturated carbocycles. The summed E-state index contributed by atoms with van der Waals surface area (Å²) in [4.78, 5) is 15.7. The molecule has 2 aliphatic heterocycles. The fourth-order valence-corrected chi connectivity index (χ4v) is 6.10. The van der Waals surface area contributed by atoms with Crippen LogP contribution in [0.5, 0.6) is 11.5 Å². The lowest BCUT2D eigenvalue weighted by Gasteiger charge is -2.34. The largest absolute Gasteiger partial charge is 0.486 e. The molecule has 0 N–H and O–H groups in total. The summed E-state index contributed by atoms with van der Waals surface area (Å²) in [5.41, 5.74) is 2.51. The highest BCUT2D eigenvalue weighted by atomic mass is 32.2. The highest BCUT2D eigenvalue weighted by Gasteiger charge is 2.31. The molecule has 2 aromatic rings. The van der Waals surface area contributed by atoms with Crippen molar-refractivity contribution in [1.29, 1.82) is 0 Å². The first-order valence-electron chi connectivity index (χ1n) is 10.7. The number of ether oxygens (including phenoxy) is 2. The fraction of sp³-hybridized carbons (Fsp3) is 0.435. The summed E-state index contributed by atoms with van der Waals surface area (Å²) in [5.74, 6) is 1.78. The van der Waals surface area contributed by atoms with Gasteiger partial charge in [-0.1, -0.05) is 6.07 Å². The Morgan fingerprint density at radius 3 is 2.38 bits per heavy atom. The molecule has 4 rings (SSSR count). The molecule has 32 heavy (non-hydrogen) atoms. The van der Waals surface area contributed by atoms with E-state index in [4.69, 9.17) is 9.47 Å². The van der Waals surface area contributed by atoms with Gasteiger partial charge in [-0.3, -0.25) is 4.79 Å². The smallest absolute Gasteiger partial charge is 0.243 e. The van der Waals surface area contributed by atoms with Gasteiger partial charge >= 0.3 is 0 Å². The van der Waals surface area contributed by atoms with E-state index in [1.54, 1.807) is 28.8 Å². The molecule has 2 aromatic carbocycles. The van der Waals surface area contributed by atoms with Crippen LogP contribution in [0.15, 0.2) is 46.2 Å². The Hall–Kier alpha value is -2.23. The predicted octanol–water partition coefficient (Wildman–Crippen LogP) is 3.09. The number of benzene rings is 2. The summed E-state index contributed by atoms with van der Waals surface area (Å²) in [6.45, 7) is 6.40. The minimum absolute atomic E-state index is 0.0673. The Kier molecular flexibility index (Phi) is 6.97. The maximum absolute atomic E-state index is 13.1. The van der Waals surface area contributed by atoms with Crippen molar-refractivity contribution < 1.29 is 22.7 Å². The normalized spacial score (nSPS) is 16.8. The van der Waals surface area contributed by atoms with Gasteiger partial charge in [-0.05, 0) is 49.2 Å². The summed E-state index contributed by atoms with van der Waals surface area (Å²) in [7, 11) is -3.65. The van der Waals surface area contributed by atoms with Crippen molar-refractivity contribution in [3.8, 4) is 11.5 Å². The minimum atomic E-state index is -3.65. The standard InChI is InChI=1S/C23H28N2O5S2/c1-17-3-4-19(15-18(17)2)31-14-7-23(26)24-8-10-25(11-9-24)32(27,28)20-5-6-21-22(16-20)30-13-12-29-21/h3-6,15-16H,7-14H2,1-2H3. The quantitative estimate of drug-likeness (QED) is 0.597. The first-order valence-corrected chi connectivity index (χ1v) is 13.1. The van der Waals surface area contributed by atoms with Gasteiger partial charge in [-0.15, -0.1) is 11.8 Å². The van der Waals surface area contributed by atoms with E-state index in [9.17, 15) is 13.2 Å². The van der Waals surface area contributed by atoms with Crippen LogP contribution in [0.4, 0.5) is 0 Å². The molecule has 1 saturated heterocycles. The molecule has 9 heteroatoms. The molecule has 0 aliphatic carbocycles. The molecule has 0 unspecified atom stereocenters. The van der Waals surface area contributed by atoms with Crippen LogP contribution in [0.2, 0.25) is 0 Å². The predicted molar refractivity (Wildman–Crippen MR) is 124 cm³/mol. The number of carbonyl (C=O) groups excluding carboxylic acids is 1. The number of hydrogen-bond acceptors (Lipinski definition) is 6. The Labute approximate surface area is 193 Å². The number of carbonyl (C=O) groups is 1. The number of nitrogens with zero attached hydrogens (tertiary/aromatic N) is 2. The van der Waals surface area contributed by atoms with Crippen molar-refractivity contribution in [2.75, 3.05) is 45.1 Å². The molecule has 0 radical (unpaired) electrons. The zero-order chi connectivity index (χ0) is 22.7. The van der Waals surface area contributed by atoms with E-state index in [0.717, 1.165) is 4.90 Å². The van der Waals surface area contributed by atoms with E-state index in [2.05, 4.69) is 32.0 Å². The molecule has 0 aromatic heterocycles. The zero-order valence-corrected chi connectivity index (χ0v) is 20.0. The second-order valence-electron chi connectivity index (χ2n) is 7.93. The third kappa shape index (κ3) is 5.05. The van der Waals surface area contributed by atoms with Crippen LogP contribution in [0.25, 0.3) is 0 Å². The molecule has 0 atom stereocenters. The van der Waals surface area contributed by atoms with Crippen molar-refractivity contribution in [3.63, 3.8) is 0 Å². The van der Waals surface area contributed by atoms with Gasteiger partial charge in [0.15, 0.2) is 11.5 Å². The lowest BCUT2D eigenvalue weighted by molar-refractivity contribution is -0.131. The second-order valence-corrected chi connectivity index (χ2v) is 11.0. The number of hydrogen-bond donors (Lipinski definition) is 0. The van der Waals surface area contributed by atoms with Crippen LogP contribution in [-0.4, -0.2) is 68.7 Å². The van der Waals surface area contributed by atoms with E-state index >= 15 is 0 Å². The van der Waals surface area contributed by atoms with Gasteiger partial charge in [0, 0.05) is 49.3 Å². The summed E-state index contributed by atoms with van der Waals surface area (Å²) in [5, 5.41) is 0. The lowest BCUT2D eigenvalue weighted by Crippen LogP contribution is -2.50. The first kappa shape index (κ1) is 22.9. The van der Waals surface area contributed by atoms with Crippen LogP contribution < -0.4 is 9.47 Å². The van der Waals surface area contributed by atoms with Crippen molar-refractivity contribution in [3.05, 3.63) is 47.5 Å².